The summed E-state index contributed by atoms with van der Waals surface area (Å²) in [5, 5.41) is 8.77. The highest BCUT2D eigenvalue weighted by Crippen LogP contribution is 2.00. The minimum Gasteiger partial charge on any atom is -0.351 e. The van der Waals surface area contributed by atoms with Crippen molar-refractivity contribution in [1.82, 2.24) is 20.9 Å². The van der Waals surface area contributed by atoms with Crippen molar-refractivity contribution in [1.29, 1.82) is 0 Å². The van der Waals surface area contributed by atoms with Crippen molar-refractivity contribution in [3.8, 4) is 0 Å². The molecule has 0 unspecified atom stereocenters. The Hall–Kier alpha value is -3.97. The zero-order chi connectivity index (χ0) is 24.0. The van der Waals surface area contributed by atoms with Gasteiger partial charge in [-0.1, -0.05) is 54.6 Å². The molecule has 0 atom stereocenters. The molecule has 0 radical (unpaired) electrons. The molecular formula is C27H30N4O3. The van der Waals surface area contributed by atoms with Gasteiger partial charge in [-0.25, -0.2) is 0 Å². The molecule has 3 aromatic carbocycles. The Bertz CT molecular complexity index is 907. The first-order valence-electron chi connectivity index (χ1n) is 11.4. The van der Waals surface area contributed by atoms with Crippen LogP contribution in [0.1, 0.15) is 31.1 Å². The van der Waals surface area contributed by atoms with Crippen molar-refractivity contribution in [2.24, 2.45) is 0 Å². The molecule has 0 spiro atoms. The summed E-state index contributed by atoms with van der Waals surface area (Å²) in [4.78, 5) is 39.0. The van der Waals surface area contributed by atoms with Gasteiger partial charge in [-0.15, -0.1) is 0 Å². The molecule has 3 rings (SSSR count). The normalized spacial score (nSPS) is 10.5. The number of rotatable bonds is 12. The Labute approximate surface area is 200 Å². The number of carbonyl (C=O) groups is 3. The molecule has 34 heavy (non-hydrogen) atoms. The quantitative estimate of drug-likeness (QED) is 0.389. The molecule has 3 aromatic rings. The summed E-state index contributed by atoms with van der Waals surface area (Å²) in [6, 6.07) is 27.2. The van der Waals surface area contributed by atoms with E-state index in [0.717, 1.165) is 0 Å². The summed E-state index contributed by atoms with van der Waals surface area (Å²) < 4.78 is 0. The first kappa shape index (κ1) is 24.7. The maximum atomic E-state index is 12.3. The van der Waals surface area contributed by atoms with Gasteiger partial charge in [-0.05, 0) is 36.4 Å². The largest absolute Gasteiger partial charge is 0.351 e. The lowest BCUT2D eigenvalue weighted by Gasteiger charge is -2.23. The van der Waals surface area contributed by atoms with Gasteiger partial charge in [0.25, 0.3) is 17.7 Å². The van der Waals surface area contributed by atoms with Crippen LogP contribution in [0.15, 0.2) is 91.0 Å². The maximum absolute atomic E-state index is 12.3. The van der Waals surface area contributed by atoms with E-state index in [1.807, 2.05) is 54.6 Å². The van der Waals surface area contributed by atoms with Gasteiger partial charge in [0.05, 0.1) is 0 Å². The Morgan fingerprint density at radius 2 is 0.735 bits per heavy atom. The number of nitrogens with zero attached hydrogens (tertiary/aromatic N) is 1. The molecule has 0 fully saturated rings. The number of carbonyl (C=O) groups excluding carboxylic acids is 3. The van der Waals surface area contributed by atoms with Gasteiger partial charge in [-0.2, -0.15) is 0 Å². The zero-order valence-corrected chi connectivity index (χ0v) is 19.1. The van der Waals surface area contributed by atoms with Crippen LogP contribution in [-0.4, -0.2) is 61.9 Å². The van der Waals surface area contributed by atoms with E-state index in [9.17, 15) is 14.4 Å². The molecule has 3 N–H and O–H groups in total. The summed E-state index contributed by atoms with van der Waals surface area (Å²) in [6.07, 6.45) is 0. The second-order valence-electron chi connectivity index (χ2n) is 7.71. The third kappa shape index (κ3) is 8.18. The van der Waals surface area contributed by atoms with Crippen molar-refractivity contribution in [2.45, 2.75) is 0 Å². The standard InChI is InChI=1S/C27H30N4O3/c32-25(22-10-4-1-5-11-22)28-16-19-31(20-17-29-26(33)23-12-6-2-7-13-23)21-18-30-27(34)24-14-8-3-9-15-24/h1-15H,16-21H2,(H,28,32)(H,29,33)(H,30,34). The second kappa shape index (κ2) is 13.5. The van der Waals surface area contributed by atoms with E-state index in [4.69, 9.17) is 0 Å². The van der Waals surface area contributed by atoms with E-state index in [0.29, 0.717) is 56.0 Å². The SMILES string of the molecule is O=C(NCCN(CCNC(=O)c1ccccc1)CCNC(=O)c1ccccc1)c1ccccc1. The Morgan fingerprint density at radius 3 is 1.00 bits per heavy atom. The third-order valence-electron chi connectivity index (χ3n) is 5.25. The van der Waals surface area contributed by atoms with Crippen LogP contribution < -0.4 is 16.0 Å². The fraction of sp³-hybridized carbons (Fsp3) is 0.222. The fourth-order valence-electron chi connectivity index (χ4n) is 3.39. The number of amides is 3. The molecule has 7 nitrogen and oxygen atoms in total. The molecular weight excluding hydrogens is 428 g/mol. The molecule has 176 valence electrons. The van der Waals surface area contributed by atoms with Crippen LogP contribution in [0.2, 0.25) is 0 Å². The first-order chi connectivity index (χ1) is 16.6. The van der Waals surface area contributed by atoms with Gasteiger partial charge >= 0.3 is 0 Å². The fourth-order valence-corrected chi connectivity index (χ4v) is 3.39. The average molecular weight is 459 g/mol. The van der Waals surface area contributed by atoms with E-state index < -0.39 is 0 Å². The zero-order valence-electron chi connectivity index (χ0n) is 19.1. The molecule has 0 aliphatic heterocycles. The molecule has 0 saturated heterocycles. The summed E-state index contributed by atoms with van der Waals surface area (Å²) >= 11 is 0. The van der Waals surface area contributed by atoms with Gasteiger partial charge < -0.3 is 16.0 Å². The monoisotopic (exact) mass is 458 g/mol. The lowest BCUT2D eigenvalue weighted by molar-refractivity contribution is 0.0948. The smallest absolute Gasteiger partial charge is 0.251 e. The van der Waals surface area contributed by atoms with Gasteiger partial charge in [0.15, 0.2) is 0 Å². The molecule has 0 saturated carbocycles. The number of hydrogen-bond donors (Lipinski definition) is 3. The number of hydrogen-bond acceptors (Lipinski definition) is 4. The van der Waals surface area contributed by atoms with Crippen LogP contribution in [0, 0.1) is 0 Å². The van der Waals surface area contributed by atoms with E-state index >= 15 is 0 Å². The topological polar surface area (TPSA) is 90.5 Å². The third-order valence-corrected chi connectivity index (χ3v) is 5.25. The van der Waals surface area contributed by atoms with Crippen LogP contribution in [0.5, 0.6) is 0 Å². The molecule has 3 amide bonds. The molecule has 0 heterocycles. The number of benzene rings is 3. The molecule has 0 aliphatic carbocycles. The van der Waals surface area contributed by atoms with Crippen molar-refractivity contribution in [3.05, 3.63) is 108 Å². The lowest BCUT2D eigenvalue weighted by atomic mass is 10.2. The van der Waals surface area contributed by atoms with Crippen LogP contribution in [-0.2, 0) is 0 Å². The van der Waals surface area contributed by atoms with Crippen molar-refractivity contribution in [3.63, 3.8) is 0 Å². The van der Waals surface area contributed by atoms with Gasteiger partial charge in [-0.3, -0.25) is 19.3 Å². The van der Waals surface area contributed by atoms with Crippen molar-refractivity contribution in [2.75, 3.05) is 39.3 Å². The Kier molecular flexibility index (Phi) is 9.83. The molecule has 0 aromatic heterocycles. The van der Waals surface area contributed by atoms with E-state index in [-0.39, 0.29) is 17.7 Å². The Balaban J connectivity index is 1.48. The van der Waals surface area contributed by atoms with E-state index in [1.165, 1.54) is 0 Å². The average Bonchev–Trinajstić information content (AvgIpc) is 2.89. The Morgan fingerprint density at radius 1 is 0.471 bits per heavy atom. The lowest BCUT2D eigenvalue weighted by Crippen LogP contribution is -2.43. The van der Waals surface area contributed by atoms with E-state index in [2.05, 4.69) is 20.9 Å². The maximum Gasteiger partial charge on any atom is 0.251 e. The summed E-state index contributed by atoms with van der Waals surface area (Å²) in [7, 11) is 0. The highest BCUT2D eigenvalue weighted by Gasteiger charge is 2.11. The summed E-state index contributed by atoms with van der Waals surface area (Å²) in [5.74, 6) is -0.388. The molecule has 0 aliphatic rings. The van der Waals surface area contributed by atoms with Crippen molar-refractivity contribution < 1.29 is 14.4 Å². The van der Waals surface area contributed by atoms with Crippen molar-refractivity contribution >= 4 is 17.7 Å². The minimum absolute atomic E-state index is 0.129. The molecule has 7 heteroatoms. The minimum atomic E-state index is -0.129. The van der Waals surface area contributed by atoms with Crippen LogP contribution >= 0.6 is 0 Å². The van der Waals surface area contributed by atoms with Crippen LogP contribution in [0.3, 0.4) is 0 Å². The van der Waals surface area contributed by atoms with Gasteiger partial charge in [0, 0.05) is 56.0 Å². The van der Waals surface area contributed by atoms with Gasteiger partial charge in [0.1, 0.15) is 0 Å². The second-order valence-corrected chi connectivity index (χ2v) is 7.71. The van der Waals surface area contributed by atoms with Gasteiger partial charge in [0.2, 0.25) is 0 Å². The summed E-state index contributed by atoms with van der Waals surface area (Å²) in [6.45, 7) is 3.11. The van der Waals surface area contributed by atoms with Crippen LogP contribution in [0.4, 0.5) is 0 Å². The molecule has 0 bridgehead atoms. The number of nitrogens with one attached hydrogen (secondary N) is 3. The predicted molar refractivity (Wildman–Crippen MR) is 133 cm³/mol. The highest BCUT2D eigenvalue weighted by molar-refractivity contribution is 5.95. The van der Waals surface area contributed by atoms with E-state index in [1.54, 1.807) is 36.4 Å². The summed E-state index contributed by atoms with van der Waals surface area (Å²) in [5.41, 5.74) is 1.83. The predicted octanol–water partition coefficient (Wildman–Crippen LogP) is 2.58. The first-order valence-corrected chi connectivity index (χ1v) is 11.4. The highest BCUT2D eigenvalue weighted by atomic mass is 16.2. The van der Waals surface area contributed by atoms with Crippen LogP contribution in [0.25, 0.3) is 0 Å².